The molecule has 1 aromatic carbocycles. The highest BCUT2D eigenvalue weighted by atomic mass is 79.9. The van der Waals surface area contributed by atoms with Gasteiger partial charge in [0.15, 0.2) is 0 Å². The average Bonchev–Trinajstić information content (AvgIpc) is 2.57. The number of fused-ring (bicyclic) bond motifs is 1. The standard InChI is InChI=1S/C12H14BrNO/c1-2-3-9-10-6-8(13)4-5-11(10)15-12(9)7-14/h4-6H,2-3,7,14H2,1H3. The number of nitrogens with two attached hydrogens (primary N) is 1. The molecule has 15 heavy (non-hydrogen) atoms. The Hall–Kier alpha value is -0.800. The molecular weight excluding hydrogens is 254 g/mol. The van der Waals surface area contributed by atoms with Crippen LogP contribution in [-0.2, 0) is 13.0 Å². The van der Waals surface area contributed by atoms with Crippen molar-refractivity contribution in [3.8, 4) is 0 Å². The first-order chi connectivity index (χ1) is 7.26. The summed E-state index contributed by atoms with van der Waals surface area (Å²) >= 11 is 3.48. The van der Waals surface area contributed by atoms with Crippen molar-refractivity contribution >= 4 is 26.9 Å². The summed E-state index contributed by atoms with van der Waals surface area (Å²) in [6.07, 6.45) is 2.13. The van der Waals surface area contributed by atoms with Gasteiger partial charge in [0.05, 0.1) is 6.54 Å². The fraction of sp³-hybridized carbons (Fsp3) is 0.333. The molecule has 1 aromatic heterocycles. The maximum atomic E-state index is 5.71. The highest BCUT2D eigenvalue weighted by molar-refractivity contribution is 9.10. The third kappa shape index (κ3) is 1.94. The topological polar surface area (TPSA) is 39.2 Å². The van der Waals surface area contributed by atoms with Gasteiger partial charge in [-0.1, -0.05) is 29.3 Å². The summed E-state index contributed by atoms with van der Waals surface area (Å²) in [7, 11) is 0. The smallest absolute Gasteiger partial charge is 0.134 e. The van der Waals surface area contributed by atoms with E-state index in [1.165, 1.54) is 10.9 Å². The quantitative estimate of drug-likeness (QED) is 0.923. The second-order valence-corrected chi connectivity index (χ2v) is 4.51. The van der Waals surface area contributed by atoms with Crippen molar-refractivity contribution in [1.29, 1.82) is 0 Å². The van der Waals surface area contributed by atoms with E-state index in [4.69, 9.17) is 10.2 Å². The third-order valence-corrected chi connectivity index (χ3v) is 3.02. The summed E-state index contributed by atoms with van der Waals surface area (Å²) in [5, 5.41) is 1.19. The van der Waals surface area contributed by atoms with Crippen LogP contribution in [-0.4, -0.2) is 0 Å². The highest BCUT2D eigenvalue weighted by Crippen LogP contribution is 2.29. The van der Waals surface area contributed by atoms with E-state index in [2.05, 4.69) is 28.9 Å². The molecule has 0 fully saturated rings. The normalized spacial score (nSPS) is 11.1. The first-order valence-electron chi connectivity index (χ1n) is 5.16. The molecule has 0 spiro atoms. The molecule has 2 aromatic rings. The van der Waals surface area contributed by atoms with Gasteiger partial charge in [0.25, 0.3) is 0 Å². The van der Waals surface area contributed by atoms with Crippen LogP contribution in [0.3, 0.4) is 0 Å². The van der Waals surface area contributed by atoms with Gasteiger partial charge < -0.3 is 10.2 Å². The number of furan rings is 1. The van der Waals surface area contributed by atoms with Crippen LogP contribution in [0.5, 0.6) is 0 Å². The molecular formula is C12H14BrNO. The van der Waals surface area contributed by atoms with Crippen LogP contribution in [0, 0.1) is 0 Å². The van der Waals surface area contributed by atoms with Gasteiger partial charge in [-0.3, -0.25) is 0 Å². The SMILES string of the molecule is CCCc1c(CN)oc2ccc(Br)cc12. The molecule has 0 saturated heterocycles. The van der Waals surface area contributed by atoms with E-state index >= 15 is 0 Å². The summed E-state index contributed by atoms with van der Waals surface area (Å²) in [5.74, 6) is 0.921. The Labute approximate surface area is 97.6 Å². The predicted molar refractivity (Wildman–Crippen MR) is 65.8 cm³/mol. The molecule has 0 aliphatic carbocycles. The predicted octanol–water partition coefficient (Wildman–Crippen LogP) is 3.61. The molecule has 3 heteroatoms. The Kier molecular flexibility index (Phi) is 3.12. The van der Waals surface area contributed by atoms with Gasteiger partial charge in [-0.25, -0.2) is 0 Å². The van der Waals surface area contributed by atoms with Gasteiger partial charge >= 0.3 is 0 Å². The van der Waals surface area contributed by atoms with E-state index in [0.29, 0.717) is 6.54 Å². The largest absolute Gasteiger partial charge is 0.459 e. The molecule has 2 nitrogen and oxygen atoms in total. The summed E-state index contributed by atoms with van der Waals surface area (Å²) in [6, 6.07) is 6.07. The van der Waals surface area contributed by atoms with Crippen LogP contribution in [0.25, 0.3) is 11.0 Å². The summed E-state index contributed by atoms with van der Waals surface area (Å²) in [6.45, 7) is 2.64. The zero-order valence-electron chi connectivity index (χ0n) is 8.72. The van der Waals surface area contributed by atoms with E-state index < -0.39 is 0 Å². The average molecular weight is 268 g/mol. The minimum Gasteiger partial charge on any atom is -0.459 e. The number of hydrogen-bond acceptors (Lipinski definition) is 2. The van der Waals surface area contributed by atoms with Crippen LogP contribution < -0.4 is 5.73 Å². The van der Waals surface area contributed by atoms with Crippen LogP contribution in [0.1, 0.15) is 24.7 Å². The first-order valence-corrected chi connectivity index (χ1v) is 5.95. The van der Waals surface area contributed by atoms with Gasteiger partial charge in [0.1, 0.15) is 11.3 Å². The van der Waals surface area contributed by atoms with Crippen molar-refractivity contribution in [2.24, 2.45) is 5.73 Å². The Balaban J connectivity index is 2.65. The zero-order chi connectivity index (χ0) is 10.8. The lowest BCUT2D eigenvalue weighted by Crippen LogP contribution is -1.98. The molecule has 0 aliphatic heterocycles. The van der Waals surface area contributed by atoms with Crippen LogP contribution >= 0.6 is 15.9 Å². The molecule has 2 rings (SSSR count). The molecule has 0 saturated carbocycles. The molecule has 0 unspecified atom stereocenters. The van der Waals surface area contributed by atoms with E-state index in [1.807, 2.05) is 12.1 Å². The lowest BCUT2D eigenvalue weighted by atomic mass is 10.1. The van der Waals surface area contributed by atoms with Crippen molar-refractivity contribution in [3.05, 3.63) is 34.0 Å². The molecule has 1 heterocycles. The van der Waals surface area contributed by atoms with E-state index in [-0.39, 0.29) is 0 Å². The van der Waals surface area contributed by atoms with Crippen molar-refractivity contribution in [2.75, 3.05) is 0 Å². The summed E-state index contributed by atoms with van der Waals surface area (Å²) in [5.41, 5.74) is 7.87. The maximum absolute atomic E-state index is 5.71. The van der Waals surface area contributed by atoms with Crippen molar-refractivity contribution in [3.63, 3.8) is 0 Å². The molecule has 0 atom stereocenters. The minimum atomic E-state index is 0.474. The van der Waals surface area contributed by atoms with Crippen molar-refractivity contribution in [1.82, 2.24) is 0 Å². The van der Waals surface area contributed by atoms with E-state index in [1.54, 1.807) is 0 Å². The van der Waals surface area contributed by atoms with E-state index in [9.17, 15) is 0 Å². The number of halogens is 1. The minimum absolute atomic E-state index is 0.474. The third-order valence-electron chi connectivity index (χ3n) is 2.52. The van der Waals surface area contributed by atoms with Crippen LogP contribution in [0.4, 0.5) is 0 Å². The number of aryl methyl sites for hydroxylation is 1. The van der Waals surface area contributed by atoms with Crippen LogP contribution in [0.15, 0.2) is 27.1 Å². The molecule has 0 aliphatic rings. The Morgan fingerprint density at radius 1 is 1.40 bits per heavy atom. The second kappa shape index (κ2) is 4.37. The number of rotatable bonds is 3. The first kappa shape index (κ1) is 10.7. The molecule has 0 amide bonds. The molecule has 0 bridgehead atoms. The molecule has 80 valence electrons. The second-order valence-electron chi connectivity index (χ2n) is 3.60. The van der Waals surface area contributed by atoms with Crippen molar-refractivity contribution in [2.45, 2.75) is 26.3 Å². The summed E-state index contributed by atoms with van der Waals surface area (Å²) in [4.78, 5) is 0. The lowest BCUT2D eigenvalue weighted by Gasteiger charge is -1.98. The van der Waals surface area contributed by atoms with Gasteiger partial charge in [-0.15, -0.1) is 0 Å². The molecule has 2 N–H and O–H groups in total. The zero-order valence-corrected chi connectivity index (χ0v) is 10.3. The van der Waals surface area contributed by atoms with Crippen LogP contribution in [0.2, 0.25) is 0 Å². The highest BCUT2D eigenvalue weighted by Gasteiger charge is 2.11. The fourth-order valence-corrected chi connectivity index (χ4v) is 2.22. The Morgan fingerprint density at radius 2 is 2.20 bits per heavy atom. The van der Waals surface area contributed by atoms with E-state index in [0.717, 1.165) is 28.7 Å². The van der Waals surface area contributed by atoms with Gasteiger partial charge in [0.2, 0.25) is 0 Å². The number of hydrogen-bond donors (Lipinski definition) is 1. The van der Waals surface area contributed by atoms with Gasteiger partial charge in [0, 0.05) is 15.4 Å². The monoisotopic (exact) mass is 267 g/mol. The van der Waals surface area contributed by atoms with Gasteiger partial charge in [-0.05, 0) is 24.6 Å². The summed E-state index contributed by atoms with van der Waals surface area (Å²) < 4.78 is 6.79. The molecule has 0 radical (unpaired) electrons. The van der Waals surface area contributed by atoms with Crippen molar-refractivity contribution < 1.29 is 4.42 Å². The maximum Gasteiger partial charge on any atom is 0.134 e. The Morgan fingerprint density at radius 3 is 2.87 bits per heavy atom. The fourth-order valence-electron chi connectivity index (χ4n) is 1.86. The Bertz CT molecular complexity index is 476. The van der Waals surface area contributed by atoms with Gasteiger partial charge in [-0.2, -0.15) is 0 Å². The number of benzene rings is 1. The lowest BCUT2D eigenvalue weighted by molar-refractivity contribution is 0.544.